The van der Waals surface area contributed by atoms with E-state index >= 15 is 0 Å². The molecule has 2 rings (SSSR count). The van der Waals surface area contributed by atoms with Gasteiger partial charge in [0.2, 0.25) is 0 Å². The number of rotatable bonds is 8. The Bertz CT molecular complexity index is 816. The van der Waals surface area contributed by atoms with Gasteiger partial charge in [-0.1, -0.05) is 12.1 Å². The monoisotopic (exact) mass is 383 g/mol. The molecule has 0 aromatic heterocycles. The van der Waals surface area contributed by atoms with Crippen LogP contribution in [0.3, 0.4) is 0 Å². The van der Waals surface area contributed by atoms with Crippen molar-refractivity contribution in [1.82, 2.24) is 5.32 Å². The molecule has 0 saturated heterocycles. The van der Waals surface area contributed by atoms with Crippen LogP contribution in [0.4, 0.5) is 11.4 Å². The van der Waals surface area contributed by atoms with Gasteiger partial charge in [-0.25, -0.2) is 0 Å². The lowest BCUT2D eigenvalue weighted by atomic mass is 10.1. The van der Waals surface area contributed by atoms with Gasteiger partial charge in [0.05, 0.1) is 7.11 Å². The molecule has 0 fully saturated rings. The van der Waals surface area contributed by atoms with Crippen LogP contribution >= 0.6 is 0 Å². The van der Waals surface area contributed by atoms with Crippen molar-refractivity contribution in [3.05, 3.63) is 53.6 Å². The normalized spacial score (nSPS) is 10.3. The number of carbonyl (C=O) groups excluding carboxylic acids is 2. The molecule has 0 spiro atoms. The summed E-state index contributed by atoms with van der Waals surface area (Å²) in [5.41, 5.74) is 3.69. The van der Waals surface area contributed by atoms with Gasteiger partial charge < -0.3 is 20.3 Å². The maximum Gasteiger partial charge on any atom is 0.313 e. The molecule has 0 aliphatic rings. The van der Waals surface area contributed by atoms with Crippen molar-refractivity contribution in [2.45, 2.75) is 27.2 Å². The summed E-state index contributed by atoms with van der Waals surface area (Å²) in [6.45, 7) is 8.33. The van der Waals surface area contributed by atoms with E-state index in [4.69, 9.17) is 4.74 Å². The standard InChI is InChI=1S/C22H29N3O3/c1-5-25(6-2)18-10-11-20(16(3)14-18)24-22(27)21(26)23-13-12-17-8-7-9-19(15-17)28-4/h7-11,14-15H,5-6,12-13H2,1-4H3,(H,23,26)(H,24,27). The van der Waals surface area contributed by atoms with E-state index in [1.54, 1.807) is 7.11 Å². The first-order valence-corrected chi connectivity index (χ1v) is 9.56. The van der Waals surface area contributed by atoms with E-state index in [0.717, 1.165) is 35.7 Å². The molecule has 0 atom stereocenters. The van der Waals surface area contributed by atoms with Crippen LogP contribution in [0.2, 0.25) is 0 Å². The number of aryl methyl sites for hydroxylation is 1. The lowest BCUT2D eigenvalue weighted by molar-refractivity contribution is -0.136. The fourth-order valence-corrected chi connectivity index (χ4v) is 2.98. The zero-order valence-electron chi connectivity index (χ0n) is 17.0. The average Bonchev–Trinajstić information content (AvgIpc) is 2.70. The molecule has 150 valence electrons. The fourth-order valence-electron chi connectivity index (χ4n) is 2.98. The fraction of sp³-hybridized carbons (Fsp3) is 0.364. The Morgan fingerprint density at radius 3 is 2.43 bits per heavy atom. The zero-order chi connectivity index (χ0) is 20.5. The second-order valence-electron chi connectivity index (χ2n) is 6.48. The van der Waals surface area contributed by atoms with Crippen LogP contribution in [0.5, 0.6) is 5.75 Å². The maximum atomic E-state index is 12.2. The third-order valence-corrected chi connectivity index (χ3v) is 4.63. The van der Waals surface area contributed by atoms with Gasteiger partial charge >= 0.3 is 11.8 Å². The lowest BCUT2D eigenvalue weighted by Crippen LogP contribution is -2.36. The summed E-state index contributed by atoms with van der Waals surface area (Å²) in [5.74, 6) is -0.537. The molecule has 28 heavy (non-hydrogen) atoms. The summed E-state index contributed by atoms with van der Waals surface area (Å²) in [7, 11) is 1.61. The van der Waals surface area contributed by atoms with E-state index in [1.807, 2.05) is 49.4 Å². The Kier molecular flexibility index (Phi) is 7.87. The van der Waals surface area contributed by atoms with Gasteiger partial charge in [-0.05, 0) is 68.7 Å². The van der Waals surface area contributed by atoms with Gasteiger partial charge in [-0.3, -0.25) is 9.59 Å². The predicted octanol–water partition coefficient (Wildman–Crippen LogP) is 3.15. The van der Waals surface area contributed by atoms with Crippen molar-refractivity contribution < 1.29 is 14.3 Å². The Hall–Kier alpha value is -3.02. The lowest BCUT2D eigenvalue weighted by Gasteiger charge is -2.22. The number of hydrogen-bond donors (Lipinski definition) is 2. The van der Waals surface area contributed by atoms with Crippen molar-refractivity contribution in [2.75, 3.05) is 37.0 Å². The van der Waals surface area contributed by atoms with Crippen LogP contribution in [-0.4, -0.2) is 38.6 Å². The Balaban J connectivity index is 1.88. The van der Waals surface area contributed by atoms with Crippen LogP contribution in [0.1, 0.15) is 25.0 Å². The van der Waals surface area contributed by atoms with Gasteiger partial charge in [0.15, 0.2) is 0 Å². The molecule has 0 aliphatic carbocycles. The zero-order valence-corrected chi connectivity index (χ0v) is 17.0. The molecule has 6 nitrogen and oxygen atoms in total. The quantitative estimate of drug-likeness (QED) is 0.687. The Morgan fingerprint density at radius 1 is 1.04 bits per heavy atom. The smallest absolute Gasteiger partial charge is 0.313 e. The predicted molar refractivity (Wildman–Crippen MR) is 113 cm³/mol. The first-order chi connectivity index (χ1) is 13.5. The summed E-state index contributed by atoms with van der Waals surface area (Å²) < 4.78 is 5.18. The maximum absolute atomic E-state index is 12.2. The van der Waals surface area contributed by atoms with E-state index in [-0.39, 0.29) is 0 Å². The molecular weight excluding hydrogens is 354 g/mol. The number of nitrogens with one attached hydrogen (secondary N) is 2. The minimum atomic E-state index is -0.663. The van der Waals surface area contributed by atoms with Gasteiger partial charge in [0, 0.05) is 31.0 Å². The molecule has 2 N–H and O–H groups in total. The number of amides is 2. The van der Waals surface area contributed by atoms with Crippen molar-refractivity contribution in [3.63, 3.8) is 0 Å². The molecule has 2 aromatic carbocycles. The number of methoxy groups -OCH3 is 1. The van der Waals surface area contributed by atoms with Crippen LogP contribution in [0.25, 0.3) is 0 Å². The summed E-state index contributed by atoms with van der Waals surface area (Å²) >= 11 is 0. The average molecular weight is 383 g/mol. The van der Waals surface area contributed by atoms with E-state index < -0.39 is 11.8 Å². The van der Waals surface area contributed by atoms with Crippen LogP contribution < -0.4 is 20.3 Å². The highest BCUT2D eigenvalue weighted by Gasteiger charge is 2.15. The second kappa shape index (κ2) is 10.3. The van der Waals surface area contributed by atoms with Crippen LogP contribution in [0.15, 0.2) is 42.5 Å². The summed E-state index contributed by atoms with van der Waals surface area (Å²) in [4.78, 5) is 26.5. The minimum Gasteiger partial charge on any atom is -0.497 e. The van der Waals surface area contributed by atoms with Gasteiger partial charge in [0.1, 0.15) is 5.75 Å². The molecule has 0 saturated carbocycles. The molecule has 0 aliphatic heterocycles. The molecule has 0 radical (unpaired) electrons. The number of carbonyl (C=O) groups is 2. The highest BCUT2D eigenvalue weighted by molar-refractivity contribution is 6.39. The minimum absolute atomic E-state index is 0.374. The number of benzene rings is 2. The van der Waals surface area contributed by atoms with Crippen LogP contribution in [-0.2, 0) is 16.0 Å². The van der Waals surface area contributed by atoms with Crippen molar-refractivity contribution in [1.29, 1.82) is 0 Å². The summed E-state index contributed by atoms with van der Waals surface area (Å²) in [6.07, 6.45) is 0.619. The molecule has 6 heteroatoms. The second-order valence-corrected chi connectivity index (χ2v) is 6.48. The third-order valence-electron chi connectivity index (χ3n) is 4.63. The first-order valence-electron chi connectivity index (χ1n) is 9.56. The molecule has 0 heterocycles. The highest BCUT2D eigenvalue weighted by atomic mass is 16.5. The van der Waals surface area contributed by atoms with Gasteiger partial charge in [-0.2, -0.15) is 0 Å². The molecular formula is C22H29N3O3. The number of hydrogen-bond acceptors (Lipinski definition) is 4. The van der Waals surface area contributed by atoms with E-state index in [0.29, 0.717) is 18.7 Å². The number of ether oxygens (including phenoxy) is 1. The Labute approximate surface area is 166 Å². The van der Waals surface area contributed by atoms with E-state index in [1.165, 1.54) is 0 Å². The molecule has 0 unspecified atom stereocenters. The number of nitrogens with zero attached hydrogens (tertiary/aromatic N) is 1. The van der Waals surface area contributed by atoms with Crippen LogP contribution in [0, 0.1) is 6.92 Å². The topological polar surface area (TPSA) is 70.7 Å². The molecule has 2 aromatic rings. The first kappa shape index (κ1) is 21.3. The van der Waals surface area contributed by atoms with E-state index in [9.17, 15) is 9.59 Å². The summed E-state index contributed by atoms with van der Waals surface area (Å²) in [6, 6.07) is 13.4. The molecule has 0 bridgehead atoms. The molecule has 2 amide bonds. The van der Waals surface area contributed by atoms with Crippen molar-refractivity contribution in [2.24, 2.45) is 0 Å². The SMILES string of the molecule is CCN(CC)c1ccc(NC(=O)C(=O)NCCc2cccc(OC)c2)c(C)c1. The van der Waals surface area contributed by atoms with E-state index in [2.05, 4.69) is 29.4 Å². The van der Waals surface area contributed by atoms with Gasteiger partial charge in [-0.15, -0.1) is 0 Å². The highest BCUT2D eigenvalue weighted by Crippen LogP contribution is 2.22. The van der Waals surface area contributed by atoms with Crippen molar-refractivity contribution >= 4 is 23.2 Å². The van der Waals surface area contributed by atoms with Gasteiger partial charge in [0.25, 0.3) is 0 Å². The third kappa shape index (κ3) is 5.74. The number of anilines is 2. The summed E-state index contributed by atoms with van der Waals surface area (Å²) in [5, 5.41) is 5.35. The Morgan fingerprint density at radius 2 is 1.79 bits per heavy atom. The van der Waals surface area contributed by atoms with Crippen molar-refractivity contribution in [3.8, 4) is 5.75 Å². The largest absolute Gasteiger partial charge is 0.497 e.